The van der Waals surface area contributed by atoms with Crippen molar-refractivity contribution >= 4 is 23.1 Å². The highest BCUT2D eigenvalue weighted by atomic mass is 19.2. The Balaban J connectivity index is 1.47. The number of pyridine rings is 1. The summed E-state index contributed by atoms with van der Waals surface area (Å²) in [5.74, 6) is -1.16. The van der Waals surface area contributed by atoms with Crippen LogP contribution in [-0.4, -0.2) is 10.1 Å². The van der Waals surface area contributed by atoms with Crippen molar-refractivity contribution in [3.8, 4) is 5.75 Å². The van der Waals surface area contributed by atoms with Gasteiger partial charge in [-0.2, -0.15) is 0 Å². The molecule has 0 radical (unpaired) electrons. The van der Waals surface area contributed by atoms with Crippen molar-refractivity contribution in [2.24, 2.45) is 0 Å². The zero-order valence-electron chi connectivity index (χ0n) is 15.8. The Kier molecular flexibility index (Phi) is 4.52. The zero-order chi connectivity index (χ0) is 20.7. The molecule has 1 unspecified atom stereocenters. The van der Waals surface area contributed by atoms with Crippen LogP contribution in [-0.2, 0) is 6.61 Å². The molecule has 3 aromatic carbocycles. The van der Waals surface area contributed by atoms with Gasteiger partial charge in [-0.05, 0) is 47.0 Å². The number of hydrogen-bond acceptors (Lipinski definition) is 3. The van der Waals surface area contributed by atoms with Gasteiger partial charge in [-0.1, -0.05) is 42.5 Å². The Morgan fingerprint density at radius 1 is 0.900 bits per heavy atom. The van der Waals surface area contributed by atoms with Crippen molar-refractivity contribution < 1.29 is 18.6 Å². The summed E-state index contributed by atoms with van der Waals surface area (Å²) in [4.78, 5) is 4.37. The quantitative estimate of drug-likeness (QED) is 0.471. The molecule has 0 aliphatic carbocycles. The SMILES string of the molecule is OC1c2ccccc2COc2ccc(/C=C/c3ccc4cc(F)c(F)cc4n3)cc21. The van der Waals surface area contributed by atoms with E-state index in [1.165, 1.54) is 0 Å². The summed E-state index contributed by atoms with van der Waals surface area (Å²) in [6.07, 6.45) is 2.88. The Morgan fingerprint density at radius 3 is 2.63 bits per heavy atom. The minimum atomic E-state index is -0.920. The maximum absolute atomic E-state index is 13.5. The molecule has 5 rings (SSSR count). The van der Waals surface area contributed by atoms with Crippen LogP contribution >= 0.6 is 0 Å². The molecule has 1 aromatic heterocycles. The summed E-state index contributed by atoms with van der Waals surface area (Å²) < 4.78 is 32.7. The van der Waals surface area contributed by atoms with Gasteiger partial charge in [0, 0.05) is 17.0 Å². The average molecular weight is 401 g/mol. The molecular weight excluding hydrogens is 384 g/mol. The van der Waals surface area contributed by atoms with Crippen LogP contribution in [0.3, 0.4) is 0 Å². The van der Waals surface area contributed by atoms with Gasteiger partial charge in [-0.3, -0.25) is 0 Å². The predicted octanol–water partition coefficient (Wildman–Crippen LogP) is 5.66. The smallest absolute Gasteiger partial charge is 0.161 e. The van der Waals surface area contributed by atoms with Crippen LogP contribution in [0.5, 0.6) is 5.75 Å². The molecule has 3 nitrogen and oxygen atoms in total. The minimum Gasteiger partial charge on any atom is -0.488 e. The molecule has 30 heavy (non-hydrogen) atoms. The van der Waals surface area contributed by atoms with Gasteiger partial charge in [-0.25, -0.2) is 13.8 Å². The lowest BCUT2D eigenvalue weighted by Gasteiger charge is -2.13. The van der Waals surface area contributed by atoms with E-state index in [9.17, 15) is 13.9 Å². The fourth-order valence-electron chi connectivity index (χ4n) is 3.68. The van der Waals surface area contributed by atoms with E-state index in [4.69, 9.17) is 4.74 Å². The molecule has 0 amide bonds. The molecule has 1 N–H and O–H groups in total. The fraction of sp³-hybridized carbons (Fsp3) is 0.0800. The van der Waals surface area contributed by atoms with E-state index < -0.39 is 17.7 Å². The van der Waals surface area contributed by atoms with Crippen LogP contribution in [0.2, 0.25) is 0 Å². The lowest BCUT2D eigenvalue weighted by Crippen LogP contribution is -2.01. The zero-order valence-corrected chi connectivity index (χ0v) is 15.8. The highest BCUT2D eigenvalue weighted by molar-refractivity contribution is 5.81. The van der Waals surface area contributed by atoms with Gasteiger partial charge in [0.15, 0.2) is 11.6 Å². The summed E-state index contributed by atoms with van der Waals surface area (Å²) in [7, 11) is 0. The van der Waals surface area contributed by atoms with Gasteiger partial charge < -0.3 is 9.84 Å². The third kappa shape index (κ3) is 3.33. The van der Waals surface area contributed by atoms with Gasteiger partial charge in [0.25, 0.3) is 0 Å². The molecule has 0 saturated carbocycles. The number of hydrogen-bond donors (Lipinski definition) is 1. The van der Waals surface area contributed by atoms with Crippen LogP contribution < -0.4 is 4.74 Å². The van der Waals surface area contributed by atoms with Crippen LogP contribution in [0.4, 0.5) is 8.78 Å². The molecule has 4 aromatic rings. The standard InChI is InChI=1S/C25H17F2NO2/c26-21-12-16-7-9-18(28-23(16)13-22(21)27)8-5-15-6-10-24-20(11-15)25(29)19-4-2-1-3-17(19)14-30-24/h1-13,25,29H,14H2/b8-5+. The first kappa shape index (κ1) is 18.5. The predicted molar refractivity (Wildman–Crippen MR) is 112 cm³/mol. The molecule has 0 fully saturated rings. The number of aromatic nitrogens is 1. The summed E-state index contributed by atoms with van der Waals surface area (Å²) in [5.41, 5.74) is 4.36. The second-order valence-corrected chi connectivity index (χ2v) is 7.22. The van der Waals surface area contributed by atoms with Crippen LogP contribution in [0, 0.1) is 11.6 Å². The first-order chi connectivity index (χ1) is 14.6. The van der Waals surface area contributed by atoms with Crippen molar-refractivity contribution in [2.45, 2.75) is 12.7 Å². The molecule has 148 valence electrons. The lowest BCUT2D eigenvalue weighted by atomic mass is 9.96. The Morgan fingerprint density at radius 2 is 1.73 bits per heavy atom. The van der Waals surface area contributed by atoms with Gasteiger partial charge in [-0.15, -0.1) is 0 Å². The first-order valence-corrected chi connectivity index (χ1v) is 9.55. The third-order valence-corrected chi connectivity index (χ3v) is 5.26. The minimum absolute atomic E-state index is 0.387. The molecule has 1 atom stereocenters. The Hall–Kier alpha value is -3.57. The van der Waals surface area contributed by atoms with Crippen molar-refractivity contribution in [2.75, 3.05) is 0 Å². The van der Waals surface area contributed by atoms with Crippen LogP contribution in [0.1, 0.15) is 34.1 Å². The number of halogens is 2. The normalized spacial score (nSPS) is 15.5. The van der Waals surface area contributed by atoms with Gasteiger partial charge in [0.2, 0.25) is 0 Å². The lowest BCUT2D eigenvalue weighted by molar-refractivity contribution is 0.218. The van der Waals surface area contributed by atoms with E-state index in [1.807, 2.05) is 48.5 Å². The highest BCUT2D eigenvalue weighted by Gasteiger charge is 2.22. The van der Waals surface area contributed by atoms with E-state index in [0.29, 0.717) is 34.5 Å². The van der Waals surface area contributed by atoms with Gasteiger partial charge in [0.1, 0.15) is 18.5 Å². The molecule has 5 heteroatoms. The third-order valence-electron chi connectivity index (χ3n) is 5.26. The Labute approximate surface area is 171 Å². The Bertz CT molecular complexity index is 1300. The second kappa shape index (κ2) is 7.35. The van der Waals surface area contributed by atoms with Crippen molar-refractivity contribution in [1.82, 2.24) is 4.98 Å². The first-order valence-electron chi connectivity index (χ1n) is 9.55. The summed E-state index contributed by atoms with van der Waals surface area (Å²) in [5, 5.41) is 11.4. The molecule has 1 aliphatic rings. The number of rotatable bonds is 2. The van der Waals surface area contributed by atoms with Crippen LogP contribution in [0.15, 0.2) is 66.7 Å². The molecule has 2 heterocycles. The number of ether oxygens (including phenoxy) is 1. The largest absolute Gasteiger partial charge is 0.488 e. The monoisotopic (exact) mass is 401 g/mol. The van der Waals surface area contributed by atoms with E-state index in [0.717, 1.165) is 28.8 Å². The average Bonchev–Trinajstić information content (AvgIpc) is 2.90. The molecule has 0 saturated heterocycles. The number of nitrogens with zero attached hydrogens (tertiary/aromatic N) is 1. The molecular formula is C25H17F2NO2. The second-order valence-electron chi connectivity index (χ2n) is 7.22. The van der Waals surface area contributed by atoms with Crippen LogP contribution in [0.25, 0.3) is 23.1 Å². The van der Waals surface area contributed by atoms with Crippen molar-refractivity contribution in [3.05, 3.63) is 106 Å². The van der Waals surface area contributed by atoms with E-state index >= 15 is 0 Å². The number of benzene rings is 3. The molecule has 1 aliphatic heterocycles. The van der Waals surface area contributed by atoms with E-state index in [-0.39, 0.29) is 0 Å². The molecule has 0 bridgehead atoms. The van der Waals surface area contributed by atoms with Gasteiger partial charge >= 0.3 is 0 Å². The molecule has 0 spiro atoms. The maximum atomic E-state index is 13.5. The van der Waals surface area contributed by atoms with Crippen molar-refractivity contribution in [1.29, 1.82) is 0 Å². The van der Waals surface area contributed by atoms with Crippen molar-refractivity contribution in [3.63, 3.8) is 0 Å². The summed E-state index contributed by atoms with van der Waals surface area (Å²) in [6, 6.07) is 19.0. The van der Waals surface area contributed by atoms with Gasteiger partial charge in [0.05, 0.1) is 11.2 Å². The topological polar surface area (TPSA) is 42.4 Å². The number of aliphatic hydroxyl groups excluding tert-OH is 1. The summed E-state index contributed by atoms with van der Waals surface area (Å²) >= 11 is 0. The summed E-state index contributed by atoms with van der Waals surface area (Å²) in [6.45, 7) is 0.410. The fourth-order valence-corrected chi connectivity index (χ4v) is 3.68. The number of aliphatic hydroxyl groups is 1. The van der Waals surface area contributed by atoms with E-state index in [1.54, 1.807) is 18.2 Å². The number of fused-ring (bicyclic) bond motifs is 3. The maximum Gasteiger partial charge on any atom is 0.161 e. The van der Waals surface area contributed by atoms with E-state index in [2.05, 4.69) is 4.98 Å². The highest BCUT2D eigenvalue weighted by Crippen LogP contribution is 2.36.